The second kappa shape index (κ2) is 7.36. The zero-order chi connectivity index (χ0) is 13.4. The van der Waals surface area contributed by atoms with E-state index in [9.17, 15) is 9.59 Å². The van der Waals surface area contributed by atoms with E-state index >= 15 is 0 Å². The van der Waals surface area contributed by atoms with E-state index in [1.165, 1.54) is 0 Å². The van der Waals surface area contributed by atoms with Crippen molar-refractivity contribution in [3.63, 3.8) is 0 Å². The molecular formula is C13H22O5. The Balaban J connectivity index is 2.73. The van der Waals surface area contributed by atoms with Crippen LogP contribution in [-0.2, 0) is 23.8 Å². The van der Waals surface area contributed by atoms with Gasteiger partial charge in [0.15, 0.2) is 5.41 Å². The van der Waals surface area contributed by atoms with Crippen molar-refractivity contribution < 1.29 is 23.8 Å². The normalized spacial score (nSPS) is 18.1. The van der Waals surface area contributed by atoms with E-state index in [2.05, 4.69) is 0 Å². The van der Waals surface area contributed by atoms with Gasteiger partial charge < -0.3 is 14.2 Å². The highest BCUT2D eigenvalue weighted by Crippen LogP contribution is 2.33. The Hall–Kier alpha value is -1.10. The molecule has 1 heterocycles. The van der Waals surface area contributed by atoms with E-state index in [0.717, 1.165) is 12.8 Å². The Labute approximate surface area is 108 Å². The summed E-state index contributed by atoms with van der Waals surface area (Å²) in [6.45, 7) is 5.29. The summed E-state index contributed by atoms with van der Waals surface area (Å²) in [6, 6.07) is 0. The second-order valence-corrected chi connectivity index (χ2v) is 4.47. The van der Waals surface area contributed by atoms with Crippen molar-refractivity contribution in [2.24, 2.45) is 5.41 Å². The first-order valence-electron chi connectivity index (χ1n) is 6.59. The number of hydrogen-bond acceptors (Lipinski definition) is 5. The van der Waals surface area contributed by atoms with Crippen LogP contribution in [0.2, 0.25) is 0 Å². The largest absolute Gasteiger partial charge is 0.465 e. The van der Waals surface area contributed by atoms with Gasteiger partial charge >= 0.3 is 11.9 Å². The number of carbonyl (C=O) groups excluding carboxylic acids is 2. The van der Waals surface area contributed by atoms with Crippen molar-refractivity contribution in [1.82, 2.24) is 0 Å². The molecule has 5 heteroatoms. The molecule has 0 unspecified atom stereocenters. The molecule has 0 N–H and O–H groups in total. The van der Waals surface area contributed by atoms with Gasteiger partial charge in [0.2, 0.25) is 0 Å². The molecule has 1 saturated heterocycles. The van der Waals surface area contributed by atoms with Gasteiger partial charge in [0, 0.05) is 13.2 Å². The van der Waals surface area contributed by atoms with Crippen molar-refractivity contribution in [1.29, 1.82) is 0 Å². The Bertz CT molecular complexity index is 259. The van der Waals surface area contributed by atoms with Gasteiger partial charge in [-0.25, -0.2) is 0 Å². The lowest BCUT2D eigenvalue weighted by Crippen LogP contribution is -2.46. The Morgan fingerprint density at radius 1 is 1.00 bits per heavy atom. The molecule has 0 atom stereocenters. The van der Waals surface area contributed by atoms with Gasteiger partial charge in [0.25, 0.3) is 0 Å². The van der Waals surface area contributed by atoms with Crippen LogP contribution in [0.4, 0.5) is 0 Å². The molecule has 0 bridgehead atoms. The van der Waals surface area contributed by atoms with Crippen LogP contribution in [-0.4, -0.2) is 38.4 Å². The summed E-state index contributed by atoms with van der Waals surface area (Å²) >= 11 is 0. The molecule has 0 amide bonds. The molecule has 0 saturated carbocycles. The molecule has 0 aromatic heterocycles. The van der Waals surface area contributed by atoms with E-state index in [1.807, 2.05) is 13.8 Å². The Kier molecular flexibility index (Phi) is 6.12. The molecule has 0 spiro atoms. The highest BCUT2D eigenvalue weighted by atomic mass is 16.6. The Morgan fingerprint density at radius 2 is 1.44 bits per heavy atom. The molecule has 0 aliphatic carbocycles. The SMILES string of the molecule is CCCOC(=O)C1(C(=O)OCCC)CCOCC1. The average molecular weight is 258 g/mol. The molecule has 104 valence electrons. The summed E-state index contributed by atoms with van der Waals surface area (Å²) in [5.74, 6) is -0.928. The number of hydrogen-bond donors (Lipinski definition) is 0. The zero-order valence-corrected chi connectivity index (χ0v) is 11.2. The quantitative estimate of drug-likeness (QED) is 0.536. The zero-order valence-electron chi connectivity index (χ0n) is 11.2. The third-order valence-corrected chi connectivity index (χ3v) is 3.00. The molecule has 5 nitrogen and oxygen atoms in total. The maximum absolute atomic E-state index is 12.1. The fourth-order valence-electron chi connectivity index (χ4n) is 1.88. The fourth-order valence-corrected chi connectivity index (χ4v) is 1.88. The van der Waals surface area contributed by atoms with E-state index in [1.54, 1.807) is 0 Å². The summed E-state index contributed by atoms with van der Waals surface area (Å²) in [5, 5.41) is 0. The van der Waals surface area contributed by atoms with Crippen molar-refractivity contribution in [2.75, 3.05) is 26.4 Å². The maximum Gasteiger partial charge on any atom is 0.323 e. The number of ether oxygens (including phenoxy) is 3. The minimum atomic E-state index is -1.15. The van der Waals surface area contributed by atoms with E-state index in [0.29, 0.717) is 39.3 Å². The summed E-state index contributed by atoms with van der Waals surface area (Å²) < 4.78 is 15.5. The first kappa shape index (κ1) is 15.0. The van der Waals surface area contributed by atoms with Crippen LogP contribution in [0.3, 0.4) is 0 Å². The molecule has 18 heavy (non-hydrogen) atoms. The third kappa shape index (κ3) is 3.45. The van der Waals surface area contributed by atoms with Crippen molar-refractivity contribution in [2.45, 2.75) is 39.5 Å². The van der Waals surface area contributed by atoms with Gasteiger partial charge in [0.1, 0.15) is 0 Å². The van der Waals surface area contributed by atoms with Gasteiger partial charge in [-0.15, -0.1) is 0 Å². The highest BCUT2D eigenvalue weighted by Gasteiger charge is 2.49. The molecule has 0 radical (unpaired) electrons. The third-order valence-electron chi connectivity index (χ3n) is 3.00. The van der Waals surface area contributed by atoms with Crippen LogP contribution in [0.1, 0.15) is 39.5 Å². The van der Waals surface area contributed by atoms with Crippen LogP contribution in [0.25, 0.3) is 0 Å². The monoisotopic (exact) mass is 258 g/mol. The number of rotatable bonds is 6. The van der Waals surface area contributed by atoms with E-state index in [-0.39, 0.29) is 0 Å². The topological polar surface area (TPSA) is 61.8 Å². The van der Waals surface area contributed by atoms with E-state index in [4.69, 9.17) is 14.2 Å². The van der Waals surface area contributed by atoms with Gasteiger partial charge in [-0.05, 0) is 25.7 Å². The summed E-state index contributed by atoms with van der Waals surface area (Å²) in [4.78, 5) is 24.2. The first-order valence-corrected chi connectivity index (χ1v) is 6.59. The predicted molar refractivity (Wildman–Crippen MR) is 65.0 cm³/mol. The molecule has 0 aromatic carbocycles. The molecule has 1 aliphatic heterocycles. The summed E-state index contributed by atoms with van der Waals surface area (Å²) in [7, 11) is 0. The van der Waals surface area contributed by atoms with Crippen LogP contribution in [0, 0.1) is 5.41 Å². The van der Waals surface area contributed by atoms with Gasteiger partial charge in [-0.1, -0.05) is 13.8 Å². The molecule has 1 aliphatic rings. The fraction of sp³-hybridized carbons (Fsp3) is 0.846. The lowest BCUT2D eigenvalue weighted by molar-refractivity contribution is -0.179. The molecule has 1 fully saturated rings. The number of carbonyl (C=O) groups is 2. The molecule has 0 aromatic rings. The molecule has 1 rings (SSSR count). The lowest BCUT2D eigenvalue weighted by atomic mass is 9.80. The van der Waals surface area contributed by atoms with Gasteiger partial charge in [-0.2, -0.15) is 0 Å². The maximum atomic E-state index is 12.1. The smallest absolute Gasteiger partial charge is 0.323 e. The van der Waals surface area contributed by atoms with Gasteiger partial charge in [0.05, 0.1) is 13.2 Å². The van der Waals surface area contributed by atoms with Crippen molar-refractivity contribution in [3.05, 3.63) is 0 Å². The van der Waals surface area contributed by atoms with Crippen molar-refractivity contribution in [3.8, 4) is 0 Å². The highest BCUT2D eigenvalue weighted by molar-refractivity contribution is 6.00. The van der Waals surface area contributed by atoms with Crippen LogP contribution >= 0.6 is 0 Å². The van der Waals surface area contributed by atoms with Crippen LogP contribution < -0.4 is 0 Å². The van der Waals surface area contributed by atoms with Crippen LogP contribution in [0.15, 0.2) is 0 Å². The van der Waals surface area contributed by atoms with Crippen molar-refractivity contribution >= 4 is 11.9 Å². The van der Waals surface area contributed by atoms with Gasteiger partial charge in [-0.3, -0.25) is 9.59 Å². The number of esters is 2. The average Bonchev–Trinajstić information content (AvgIpc) is 2.42. The summed E-state index contributed by atoms with van der Waals surface area (Å²) in [5.41, 5.74) is -1.15. The van der Waals surface area contributed by atoms with Crippen LogP contribution in [0.5, 0.6) is 0 Å². The predicted octanol–water partition coefficient (Wildman–Crippen LogP) is 1.69. The standard InChI is InChI=1S/C13H22O5/c1-3-7-17-11(14)13(5-9-16-10-6-13)12(15)18-8-4-2/h3-10H2,1-2H3. The molecular weight excluding hydrogens is 236 g/mol. The van der Waals surface area contributed by atoms with E-state index < -0.39 is 17.4 Å². The Morgan fingerprint density at radius 3 is 1.83 bits per heavy atom. The lowest BCUT2D eigenvalue weighted by Gasteiger charge is -2.32. The first-order chi connectivity index (χ1) is 8.67. The minimum absolute atomic E-state index is 0.336. The summed E-state index contributed by atoms with van der Waals surface area (Å²) in [6.07, 6.45) is 2.17. The second-order valence-electron chi connectivity index (χ2n) is 4.47. The minimum Gasteiger partial charge on any atom is -0.465 e.